The van der Waals surface area contributed by atoms with Gasteiger partial charge in [0.15, 0.2) is 0 Å². The summed E-state index contributed by atoms with van der Waals surface area (Å²) in [5.41, 5.74) is 14.7. The molecule has 260 valence electrons. The summed E-state index contributed by atoms with van der Waals surface area (Å²) in [6, 6.07) is 71.6. The highest BCUT2D eigenvalue weighted by molar-refractivity contribution is 6.13. The van der Waals surface area contributed by atoms with Crippen LogP contribution in [0.4, 0.5) is 17.1 Å². The van der Waals surface area contributed by atoms with E-state index >= 15 is 0 Å². The van der Waals surface area contributed by atoms with Crippen molar-refractivity contribution in [2.24, 2.45) is 0 Å². The molecule has 2 nitrogen and oxygen atoms in total. The SMILES string of the molecule is CC1(C)c2ccccc2-c2ccc(N(c3ccc4c(c3)c3ccccc3n4-c3ccccc3)c3ccc4ccccc4c3-c3cccc4ccccc34)cc21. The summed E-state index contributed by atoms with van der Waals surface area (Å²) in [7, 11) is 0. The second-order valence-electron chi connectivity index (χ2n) is 15.3. The molecule has 11 rings (SSSR count). The van der Waals surface area contributed by atoms with Gasteiger partial charge in [-0.25, -0.2) is 0 Å². The van der Waals surface area contributed by atoms with E-state index in [2.05, 4.69) is 217 Å². The van der Waals surface area contributed by atoms with Gasteiger partial charge in [-0.3, -0.25) is 0 Å². The summed E-state index contributed by atoms with van der Waals surface area (Å²) < 4.78 is 2.39. The number of rotatable bonds is 5. The van der Waals surface area contributed by atoms with E-state index in [1.54, 1.807) is 0 Å². The van der Waals surface area contributed by atoms with Gasteiger partial charge in [0.1, 0.15) is 0 Å². The van der Waals surface area contributed by atoms with E-state index in [9.17, 15) is 0 Å². The van der Waals surface area contributed by atoms with Crippen molar-refractivity contribution in [1.29, 1.82) is 0 Å². The molecule has 9 aromatic carbocycles. The molecule has 0 bridgehead atoms. The van der Waals surface area contributed by atoms with Crippen LogP contribution >= 0.6 is 0 Å². The van der Waals surface area contributed by atoms with Crippen LogP contribution in [0.5, 0.6) is 0 Å². The van der Waals surface area contributed by atoms with Gasteiger partial charge in [-0.1, -0.05) is 153 Å². The van der Waals surface area contributed by atoms with Gasteiger partial charge in [-0.05, 0) is 104 Å². The number of aromatic nitrogens is 1. The molecule has 1 aliphatic carbocycles. The van der Waals surface area contributed by atoms with Crippen molar-refractivity contribution in [2.45, 2.75) is 19.3 Å². The fraction of sp³-hybridized carbons (Fsp3) is 0.0566. The molecule has 1 aliphatic rings. The van der Waals surface area contributed by atoms with E-state index in [1.807, 2.05) is 0 Å². The van der Waals surface area contributed by atoms with Crippen molar-refractivity contribution in [3.63, 3.8) is 0 Å². The zero-order chi connectivity index (χ0) is 36.7. The molecule has 0 unspecified atom stereocenters. The minimum Gasteiger partial charge on any atom is -0.310 e. The zero-order valence-electron chi connectivity index (χ0n) is 30.9. The van der Waals surface area contributed by atoms with Crippen LogP contribution in [-0.4, -0.2) is 4.57 Å². The highest BCUT2D eigenvalue weighted by atomic mass is 15.1. The van der Waals surface area contributed by atoms with Gasteiger partial charge in [0.05, 0.1) is 16.7 Å². The number of fused-ring (bicyclic) bond motifs is 8. The monoisotopic (exact) mass is 702 g/mol. The van der Waals surface area contributed by atoms with E-state index in [4.69, 9.17) is 0 Å². The Kier molecular flexibility index (Phi) is 6.93. The van der Waals surface area contributed by atoms with E-state index in [0.29, 0.717) is 0 Å². The normalized spacial score (nSPS) is 13.1. The van der Waals surface area contributed by atoms with Gasteiger partial charge in [0.2, 0.25) is 0 Å². The van der Waals surface area contributed by atoms with Crippen LogP contribution in [0.1, 0.15) is 25.0 Å². The van der Waals surface area contributed by atoms with Crippen LogP contribution in [0.25, 0.3) is 71.3 Å². The lowest BCUT2D eigenvalue weighted by molar-refractivity contribution is 0.660. The third-order valence-corrected chi connectivity index (χ3v) is 12.0. The first-order valence-corrected chi connectivity index (χ1v) is 19.2. The number of benzene rings is 9. The Morgan fingerprint density at radius 2 is 1.00 bits per heavy atom. The molecule has 0 aliphatic heterocycles. The second-order valence-corrected chi connectivity index (χ2v) is 15.3. The molecule has 0 saturated heterocycles. The summed E-state index contributed by atoms with van der Waals surface area (Å²) in [4.78, 5) is 2.51. The first kappa shape index (κ1) is 31.6. The third-order valence-electron chi connectivity index (χ3n) is 12.0. The molecule has 0 saturated carbocycles. The number of nitrogens with zero attached hydrogens (tertiary/aromatic N) is 2. The minimum absolute atomic E-state index is 0.136. The topological polar surface area (TPSA) is 8.17 Å². The predicted octanol–water partition coefficient (Wildman–Crippen LogP) is 14.5. The summed E-state index contributed by atoms with van der Waals surface area (Å²) in [6.07, 6.45) is 0. The average Bonchev–Trinajstić information content (AvgIpc) is 3.69. The highest BCUT2D eigenvalue weighted by Crippen LogP contribution is 2.52. The lowest BCUT2D eigenvalue weighted by Gasteiger charge is -2.31. The summed E-state index contributed by atoms with van der Waals surface area (Å²) in [5.74, 6) is 0. The Morgan fingerprint density at radius 3 is 1.85 bits per heavy atom. The van der Waals surface area contributed by atoms with E-state index in [1.165, 1.54) is 76.7 Å². The maximum atomic E-state index is 2.51. The molecular weight excluding hydrogens is 665 g/mol. The van der Waals surface area contributed by atoms with Crippen molar-refractivity contribution < 1.29 is 0 Å². The number of hydrogen-bond donors (Lipinski definition) is 0. The van der Waals surface area contributed by atoms with Crippen LogP contribution in [0.3, 0.4) is 0 Å². The van der Waals surface area contributed by atoms with Crippen LogP contribution in [0.15, 0.2) is 194 Å². The van der Waals surface area contributed by atoms with Crippen molar-refractivity contribution >= 4 is 60.4 Å². The lowest BCUT2D eigenvalue weighted by Crippen LogP contribution is -2.17. The van der Waals surface area contributed by atoms with E-state index in [-0.39, 0.29) is 5.41 Å². The Balaban J connectivity index is 1.23. The smallest absolute Gasteiger partial charge is 0.0546 e. The molecule has 0 spiro atoms. The van der Waals surface area contributed by atoms with Crippen molar-refractivity contribution in [3.05, 3.63) is 205 Å². The molecule has 0 fully saturated rings. The molecule has 10 aromatic rings. The highest BCUT2D eigenvalue weighted by Gasteiger charge is 2.36. The Hall–Kier alpha value is -6.90. The molecule has 1 aromatic heterocycles. The molecule has 0 N–H and O–H groups in total. The summed E-state index contributed by atoms with van der Waals surface area (Å²) in [5, 5.41) is 7.40. The first-order chi connectivity index (χ1) is 27.1. The molecule has 2 heteroatoms. The standard InChI is InChI=1S/C53H38N2/c1-53(2)47-25-12-10-22-42(47)43-30-28-39(34-48(43)53)54(38-29-32-50-46(33-38)44-23-11-13-26-49(44)55(50)37-18-4-3-5-19-37)51-31-27-36-16-7-9-21-41(36)52(51)45-24-14-17-35-15-6-8-20-40(35)45/h3-34H,1-2H3. The molecule has 0 atom stereocenters. The third kappa shape index (κ3) is 4.74. The van der Waals surface area contributed by atoms with Gasteiger partial charge in [-0.2, -0.15) is 0 Å². The molecule has 55 heavy (non-hydrogen) atoms. The zero-order valence-corrected chi connectivity index (χ0v) is 30.9. The molecular formula is C53H38N2. The number of anilines is 3. The molecule has 1 heterocycles. The van der Waals surface area contributed by atoms with Crippen LogP contribution in [0.2, 0.25) is 0 Å². The van der Waals surface area contributed by atoms with E-state index < -0.39 is 0 Å². The van der Waals surface area contributed by atoms with Gasteiger partial charge >= 0.3 is 0 Å². The van der Waals surface area contributed by atoms with Crippen molar-refractivity contribution in [2.75, 3.05) is 4.90 Å². The maximum Gasteiger partial charge on any atom is 0.0546 e. The van der Waals surface area contributed by atoms with E-state index in [0.717, 1.165) is 22.7 Å². The first-order valence-electron chi connectivity index (χ1n) is 19.2. The van der Waals surface area contributed by atoms with Gasteiger partial charge in [-0.15, -0.1) is 0 Å². The van der Waals surface area contributed by atoms with Crippen molar-refractivity contribution in [1.82, 2.24) is 4.57 Å². The number of para-hydroxylation sites is 2. The molecule has 0 amide bonds. The van der Waals surface area contributed by atoms with Gasteiger partial charge in [0.25, 0.3) is 0 Å². The Bertz CT molecular complexity index is 3120. The summed E-state index contributed by atoms with van der Waals surface area (Å²) >= 11 is 0. The van der Waals surface area contributed by atoms with Crippen LogP contribution < -0.4 is 4.90 Å². The second kappa shape index (κ2) is 12.1. The fourth-order valence-corrected chi connectivity index (χ4v) is 9.39. The summed E-state index contributed by atoms with van der Waals surface area (Å²) in [6.45, 7) is 4.74. The van der Waals surface area contributed by atoms with Gasteiger partial charge in [0, 0.05) is 38.8 Å². The lowest BCUT2D eigenvalue weighted by atomic mass is 9.82. The van der Waals surface area contributed by atoms with Crippen LogP contribution in [-0.2, 0) is 5.41 Å². The van der Waals surface area contributed by atoms with Crippen LogP contribution in [0, 0.1) is 0 Å². The minimum atomic E-state index is -0.136. The van der Waals surface area contributed by atoms with Crippen molar-refractivity contribution in [3.8, 4) is 27.9 Å². The molecule has 0 radical (unpaired) electrons. The number of hydrogen-bond acceptors (Lipinski definition) is 1. The predicted molar refractivity (Wildman–Crippen MR) is 233 cm³/mol. The Labute approximate surface area is 321 Å². The fourth-order valence-electron chi connectivity index (χ4n) is 9.39. The average molecular weight is 703 g/mol. The maximum absolute atomic E-state index is 2.51. The van der Waals surface area contributed by atoms with Gasteiger partial charge < -0.3 is 9.47 Å². The quantitative estimate of drug-likeness (QED) is 0.173. The largest absolute Gasteiger partial charge is 0.310 e. The Morgan fingerprint density at radius 1 is 0.400 bits per heavy atom.